The Morgan fingerprint density at radius 3 is 2.26 bits per heavy atom. The minimum Gasteiger partial charge on any atom is -0.282 e. The summed E-state index contributed by atoms with van der Waals surface area (Å²) >= 11 is 5.41. The summed E-state index contributed by atoms with van der Waals surface area (Å²) in [4.78, 5) is 9.06. The van der Waals surface area contributed by atoms with Gasteiger partial charge in [0.25, 0.3) is 25.9 Å². The van der Waals surface area contributed by atoms with Crippen molar-refractivity contribution < 1.29 is 35.2 Å². The Balaban J connectivity index is 0.000000468. The van der Waals surface area contributed by atoms with Gasteiger partial charge in [0.15, 0.2) is 0 Å². The molecule has 0 aliphatic heterocycles. The van der Waals surface area contributed by atoms with Crippen molar-refractivity contribution in [1.82, 2.24) is 0 Å². The topological polar surface area (TPSA) is 141 Å². The zero-order chi connectivity index (χ0) is 18.3. The first-order valence-electron chi connectivity index (χ1n) is 5.89. The van der Waals surface area contributed by atoms with E-state index in [1.165, 1.54) is 0 Å². The highest BCUT2D eigenvalue weighted by molar-refractivity contribution is 7.86. The molecule has 0 aromatic heterocycles. The molecule has 0 unspecified atom stereocenters. The smallest absolute Gasteiger partial charge is 0.282 e. The largest absolute Gasteiger partial charge is 0.297 e. The van der Waals surface area contributed by atoms with Gasteiger partial charge in [0.1, 0.15) is 5.02 Å². The van der Waals surface area contributed by atoms with E-state index in [2.05, 4.69) is 4.39 Å². The molecule has 0 bridgehead atoms. The highest BCUT2D eigenvalue weighted by Gasteiger charge is 2.17. The fourth-order valence-corrected chi connectivity index (χ4v) is 2.68. The Labute approximate surface area is 136 Å². The molecule has 1 aromatic carbocycles. The Hall–Kier alpha value is -1.34. The van der Waals surface area contributed by atoms with Gasteiger partial charge < -0.3 is 0 Å². The Morgan fingerprint density at radius 2 is 1.91 bits per heavy atom. The third-order valence-corrected chi connectivity index (χ3v) is 4.39. The molecule has 0 aliphatic carbocycles. The summed E-state index contributed by atoms with van der Waals surface area (Å²) < 4.78 is 63.8. The minimum absolute atomic E-state index is 0.236. The van der Waals surface area contributed by atoms with Crippen LogP contribution in [0.15, 0.2) is 23.1 Å². The van der Waals surface area contributed by atoms with E-state index in [0.717, 1.165) is 18.2 Å². The van der Waals surface area contributed by atoms with E-state index >= 15 is 0 Å². The molecule has 1 aromatic rings. The molecule has 1 rings (SSSR count). The van der Waals surface area contributed by atoms with Gasteiger partial charge in [-0.2, -0.15) is 16.8 Å². The summed E-state index contributed by atoms with van der Waals surface area (Å²) in [6.07, 6.45) is 1.15. The molecule has 0 fully saturated rings. The summed E-state index contributed by atoms with van der Waals surface area (Å²) in [6, 6.07) is 2.62. The van der Waals surface area contributed by atoms with Gasteiger partial charge in [-0.05, 0) is 23.1 Å². The number of halogens is 2. The van der Waals surface area contributed by atoms with Crippen molar-refractivity contribution in [2.75, 3.05) is 5.75 Å². The second-order valence-electron chi connectivity index (χ2n) is 4.02. The number of nitro groups is 1. The average molecular weight is 394 g/mol. The van der Waals surface area contributed by atoms with E-state index in [4.69, 9.17) is 16.2 Å². The van der Waals surface area contributed by atoms with Gasteiger partial charge in [-0.15, -0.1) is 0 Å². The normalized spacial score (nSPS) is 11.5. The molecular formula is C10H13ClFNO8S2. The number of nitrogens with zero attached hydrogens (tertiary/aromatic N) is 1. The first-order valence-corrected chi connectivity index (χ1v) is 9.28. The number of rotatable bonds is 6. The molecule has 0 amide bonds. The van der Waals surface area contributed by atoms with Gasteiger partial charge in [0.05, 0.1) is 15.6 Å². The molecule has 23 heavy (non-hydrogen) atoms. The molecule has 0 aliphatic rings. The van der Waals surface area contributed by atoms with Gasteiger partial charge in [-0.3, -0.25) is 14.7 Å². The van der Waals surface area contributed by atoms with E-state index < -0.39 is 35.7 Å². The Morgan fingerprint density at radius 1 is 1.35 bits per heavy atom. The Kier molecular flexibility index (Phi) is 8.55. The maximum atomic E-state index is 11.0. The first kappa shape index (κ1) is 21.7. The van der Waals surface area contributed by atoms with Crippen LogP contribution in [0.4, 0.5) is 10.2 Å². The molecule has 0 radical (unpaired) electrons. The standard InChI is InChI=1S/C6H4ClNO5S.C4H9FO3S/c7-5-3-4(14(11,12)13)1-2-6(5)8(9)10;1-2-3-4-9(6,7)8-5/h1-3H,(H,11,12,13);2-4H2,1H3. The lowest BCUT2D eigenvalue weighted by Crippen LogP contribution is -2.04. The third-order valence-electron chi connectivity index (χ3n) is 2.26. The summed E-state index contributed by atoms with van der Waals surface area (Å²) in [5.41, 5.74) is -0.418. The Bertz CT molecular complexity index is 750. The van der Waals surface area contributed by atoms with Crippen LogP contribution in [0.3, 0.4) is 0 Å². The van der Waals surface area contributed by atoms with Crippen molar-refractivity contribution in [2.24, 2.45) is 0 Å². The van der Waals surface area contributed by atoms with Crippen LogP contribution in [-0.4, -0.2) is 32.1 Å². The number of benzene rings is 1. The van der Waals surface area contributed by atoms with Crippen molar-refractivity contribution in [3.8, 4) is 0 Å². The van der Waals surface area contributed by atoms with Gasteiger partial charge in [0.2, 0.25) is 0 Å². The maximum Gasteiger partial charge on any atom is 0.297 e. The highest BCUT2D eigenvalue weighted by Crippen LogP contribution is 2.26. The molecule has 0 heterocycles. The second kappa shape index (κ2) is 9.08. The first-order chi connectivity index (χ1) is 10.4. The SMILES string of the molecule is CCCCS(=O)(=O)OF.O=[N+]([O-])c1ccc(S(=O)(=O)O)cc1Cl. The van der Waals surface area contributed by atoms with Crippen LogP contribution in [0, 0.1) is 10.1 Å². The van der Waals surface area contributed by atoms with Crippen molar-refractivity contribution in [1.29, 1.82) is 0 Å². The summed E-state index contributed by atoms with van der Waals surface area (Å²) in [5, 5.41) is 9.95. The van der Waals surface area contributed by atoms with Crippen LogP contribution in [0.5, 0.6) is 0 Å². The maximum absolute atomic E-state index is 11.0. The molecule has 0 saturated carbocycles. The zero-order valence-electron chi connectivity index (χ0n) is 11.7. The van der Waals surface area contributed by atoms with Crippen molar-refractivity contribution in [3.05, 3.63) is 33.3 Å². The molecule has 0 atom stereocenters. The zero-order valence-corrected chi connectivity index (χ0v) is 14.1. The minimum atomic E-state index is -4.37. The highest BCUT2D eigenvalue weighted by atomic mass is 35.5. The molecule has 1 N–H and O–H groups in total. The van der Waals surface area contributed by atoms with Crippen LogP contribution >= 0.6 is 11.6 Å². The number of hydrogen-bond acceptors (Lipinski definition) is 7. The molecule has 132 valence electrons. The summed E-state index contributed by atoms with van der Waals surface area (Å²) in [7, 11) is -8.22. The average Bonchev–Trinajstić information content (AvgIpc) is 2.44. The number of hydrogen-bond donors (Lipinski definition) is 1. The predicted octanol–water partition coefficient (Wildman–Crippen LogP) is 2.51. The van der Waals surface area contributed by atoms with E-state index in [1.54, 1.807) is 0 Å². The summed E-state index contributed by atoms with van der Waals surface area (Å²) in [6.45, 7) is 1.81. The van der Waals surface area contributed by atoms with Crippen LogP contribution < -0.4 is 0 Å². The van der Waals surface area contributed by atoms with Crippen molar-refractivity contribution in [3.63, 3.8) is 0 Å². The molecule has 0 spiro atoms. The molecule has 13 heteroatoms. The number of nitro benzene ring substituents is 1. The lowest BCUT2D eigenvalue weighted by Gasteiger charge is -1.98. The van der Waals surface area contributed by atoms with Gasteiger partial charge in [-0.1, -0.05) is 29.3 Å². The predicted molar refractivity (Wildman–Crippen MR) is 78.8 cm³/mol. The van der Waals surface area contributed by atoms with Crippen LogP contribution in [0.1, 0.15) is 19.8 Å². The number of unbranched alkanes of at least 4 members (excludes halogenated alkanes) is 1. The molecular weight excluding hydrogens is 381 g/mol. The lowest BCUT2D eigenvalue weighted by atomic mass is 10.3. The van der Waals surface area contributed by atoms with Crippen LogP contribution in [0.25, 0.3) is 0 Å². The molecule has 0 saturated heterocycles. The second-order valence-corrected chi connectivity index (χ2v) is 7.50. The van der Waals surface area contributed by atoms with E-state index in [0.29, 0.717) is 12.8 Å². The quantitative estimate of drug-likeness (QED) is 0.441. The van der Waals surface area contributed by atoms with Gasteiger partial charge in [0, 0.05) is 6.07 Å². The van der Waals surface area contributed by atoms with Gasteiger partial charge >= 0.3 is 0 Å². The fourth-order valence-electron chi connectivity index (χ4n) is 1.15. The molecule has 9 nitrogen and oxygen atoms in total. The van der Waals surface area contributed by atoms with E-state index in [1.807, 2.05) is 6.92 Å². The van der Waals surface area contributed by atoms with Crippen LogP contribution in [-0.2, 0) is 24.6 Å². The lowest BCUT2D eigenvalue weighted by molar-refractivity contribution is -0.384. The van der Waals surface area contributed by atoms with Crippen LogP contribution in [0.2, 0.25) is 5.02 Å². The third kappa shape index (κ3) is 8.18. The van der Waals surface area contributed by atoms with Crippen molar-refractivity contribution in [2.45, 2.75) is 24.7 Å². The summed E-state index contributed by atoms with van der Waals surface area (Å²) in [5.74, 6) is -0.236. The fraction of sp³-hybridized carbons (Fsp3) is 0.400. The van der Waals surface area contributed by atoms with Crippen molar-refractivity contribution >= 4 is 37.5 Å². The van der Waals surface area contributed by atoms with E-state index in [9.17, 15) is 31.5 Å². The monoisotopic (exact) mass is 393 g/mol. The van der Waals surface area contributed by atoms with Gasteiger partial charge in [-0.25, -0.2) is 0 Å². The van der Waals surface area contributed by atoms with E-state index in [-0.39, 0.29) is 10.8 Å².